The summed E-state index contributed by atoms with van der Waals surface area (Å²) in [5.74, 6) is 1.89. The molecular weight excluding hydrogens is 284 g/mol. The van der Waals surface area contributed by atoms with Crippen molar-refractivity contribution < 1.29 is 19.0 Å². The van der Waals surface area contributed by atoms with Gasteiger partial charge in [-0.05, 0) is 18.1 Å². The third-order valence-corrected chi connectivity index (χ3v) is 4.09. The summed E-state index contributed by atoms with van der Waals surface area (Å²) in [6.45, 7) is 3.77. The summed E-state index contributed by atoms with van der Waals surface area (Å²) in [6.07, 6.45) is 0.885. The molecule has 1 saturated heterocycles. The molecule has 2 aliphatic heterocycles. The van der Waals surface area contributed by atoms with Crippen LogP contribution < -0.4 is 14.8 Å². The summed E-state index contributed by atoms with van der Waals surface area (Å²) in [6, 6.07) is 5.91. The molecule has 1 aromatic rings. The minimum atomic E-state index is -0.0141. The first kappa shape index (κ1) is 15.0. The largest absolute Gasteiger partial charge is 0.493 e. The molecule has 6 nitrogen and oxygen atoms in total. The average molecular weight is 306 g/mol. The van der Waals surface area contributed by atoms with Crippen LogP contribution in [0, 0.1) is 5.92 Å². The van der Waals surface area contributed by atoms with Crippen molar-refractivity contribution in [2.75, 3.05) is 46.6 Å². The maximum atomic E-state index is 12.1. The van der Waals surface area contributed by atoms with Crippen molar-refractivity contribution in [3.63, 3.8) is 0 Å². The lowest BCUT2D eigenvalue weighted by atomic mass is 9.96. The lowest BCUT2D eigenvalue weighted by Gasteiger charge is -2.29. The maximum absolute atomic E-state index is 12.1. The van der Waals surface area contributed by atoms with Crippen LogP contribution in [0.25, 0.3) is 0 Å². The number of nitrogens with one attached hydrogen (secondary N) is 1. The number of carbonyl (C=O) groups excluding carboxylic acids is 1. The topological polar surface area (TPSA) is 60.0 Å². The molecule has 2 amide bonds. The molecule has 2 aliphatic rings. The van der Waals surface area contributed by atoms with Crippen LogP contribution in [0.4, 0.5) is 4.79 Å². The molecule has 3 rings (SSSR count). The Morgan fingerprint density at radius 2 is 2.23 bits per heavy atom. The summed E-state index contributed by atoms with van der Waals surface area (Å²) < 4.78 is 16.4. The first-order valence-electron chi connectivity index (χ1n) is 7.67. The number of para-hydroxylation sites is 1. The fourth-order valence-corrected chi connectivity index (χ4v) is 2.86. The van der Waals surface area contributed by atoms with Gasteiger partial charge in [0.15, 0.2) is 11.5 Å². The molecule has 1 unspecified atom stereocenters. The van der Waals surface area contributed by atoms with Crippen molar-refractivity contribution in [1.29, 1.82) is 0 Å². The molecule has 2 heterocycles. The Kier molecular flexibility index (Phi) is 4.68. The van der Waals surface area contributed by atoms with Crippen LogP contribution in [-0.2, 0) is 11.2 Å². The third kappa shape index (κ3) is 3.27. The van der Waals surface area contributed by atoms with Crippen molar-refractivity contribution in [3.05, 3.63) is 23.8 Å². The molecule has 0 saturated carbocycles. The Balaban J connectivity index is 1.53. The zero-order valence-corrected chi connectivity index (χ0v) is 12.8. The van der Waals surface area contributed by atoms with Crippen molar-refractivity contribution in [2.45, 2.75) is 6.42 Å². The van der Waals surface area contributed by atoms with E-state index >= 15 is 0 Å². The molecule has 1 N–H and O–H groups in total. The zero-order valence-electron chi connectivity index (χ0n) is 12.8. The molecule has 1 aromatic carbocycles. The van der Waals surface area contributed by atoms with E-state index in [1.54, 1.807) is 12.0 Å². The number of hydrogen-bond acceptors (Lipinski definition) is 4. The number of urea groups is 1. The zero-order chi connectivity index (χ0) is 15.4. The van der Waals surface area contributed by atoms with E-state index in [-0.39, 0.29) is 11.9 Å². The van der Waals surface area contributed by atoms with Crippen LogP contribution in [0.5, 0.6) is 11.5 Å². The molecule has 120 valence electrons. The SMILES string of the molecule is COc1cccc2c1OCC(CNC(=O)N1CCOCC1)C2. The van der Waals surface area contributed by atoms with E-state index in [4.69, 9.17) is 14.2 Å². The van der Waals surface area contributed by atoms with E-state index in [9.17, 15) is 4.79 Å². The molecule has 0 bridgehead atoms. The fourth-order valence-electron chi connectivity index (χ4n) is 2.86. The van der Waals surface area contributed by atoms with Gasteiger partial charge in [-0.15, -0.1) is 0 Å². The highest BCUT2D eigenvalue weighted by atomic mass is 16.5. The Hall–Kier alpha value is -1.95. The smallest absolute Gasteiger partial charge is 0.317 e. The number of benzene rings is 1. The maximum Gasteiger partial charge on any atom is 0.317 e. The van der Waals surface area contributed by atoms with Crippen LogP contribution in [-0.4, -0.2) is 57.5 Å². The lowest BCUT2D eigenvalue weighted by Crippen LogP contribution is -2.48. The Labute approximate surface area is 130 Å². The summed E-state index contributed by atoms with van der Waals surface area (Å²) in [5.41, 5.74) is 1.14. The highest BCUT2D eigenvalue weighted by molar-refractivity contribution is 5.74. The van der Waals surface area contributed by atoms with Gasteiger partial charge in [-0.1, -0.05) is 12.1 Å². The van der Waals surface area contributed by atoms with Gasteiger partial charge in [0.2, 0.25) is 0 Å². The van der Waals surface area contributed by atoms with Gasteiger partial charge < -0.3 is 24.4 Å². The third-order valence-electron chi connectivity index (χ3n) is 4.09. The van der Waals surface area contributed by atoms with Crippen molar-refractivity contribution >= 4 is 6.03 Å². The van der Waals surface area contributed by atoms with Gasteiger partial charge >= 0.3 is 6.03 Å². The summed E-state index contributed by atoms with van der Waals surface area (Å²) in [7, 11) is 1.65. The van der Waals surface area contributed by atoms with E-state index in [2.05, 4.69) is 5.32 Å². The van der Waals surface area contributed by atoms with E-state index in [1.165, 1.54) is 0 Å². The van der Waals surface area contributed by atoms with Gasteiger partial charge in [-0.3, -0.25) is 0 Å². The van der Waals surface area contributed by atoms with Crippen LogP contribution >= 0.6 is 0 Å². The number of morpholine rings is 1. The lowest BCUT2D eigenvalue weighted by molar-refractivity contribution is 0.0527. The van der Waals surface area contributed by atoms with E-state index in [1.807, 2.05) is 18.2 Å². The molecule has 1 atom stereocenters. The summed E-state index contributed by atoms with van der Waals surface area (Å²) in [4.78, 5) is 13.9. The van der Waals surface area contributed by atoms with E-state index < -0.39 is 0 Å². The second kappa shape index (κ2) is 6.87. The Morgan fingerprint density at radius 1 is 1.41 bits per heavy atom. The predicted octanol–water partition coefficient (Wildman–Crippen LogP) is 1.29. The predicted molar refractivity (Wildman–Crippen MR) is 81.5 cm³/mol. The van der Waals surface area contributed by atoms with Crippen molar-refractivity contribution in [2.24, 2.45) is 5.92 Å². The fraction of sp³-hybridized carbons (Fsp3) is 0.562. The van der Waals surface area contributed by atoms with E-state index in [0.29, 0.717) is 39.5 Å². The molecule has 0 aliphatic carbocycles. The molecule has 0 aromatic heterocycles. The summed E-state index contributed by atoms with van der Waals surface area (Å²) >= 11 is 0. The molecule has 1 fully saturated rings. The number of carbonyl (C=O) groups is 1. The first-order chi connectivity index (χ1) is 10.8. The van der Waals surface area contributed by atoms with Gasteiger partial charge in [0.25, 0.3) is 0 Å². The number of nitrogens with zero attached hydrogens (tertiary/aromatic N) is 1. The van der Waals surface area contributed by atoms with Crippen LogP contribution in [0.2, 0.25) is 0 Å². The molecule has 22 heavy (non-hydrogen) atoms. The Bertz CT molecular complexity index is 529. The average Bonchev–Trinajstić information content (AvgIpc) is 2.59. The standard InChI is InChI=1S/C16H22N2O4/c1-20-14-4-2-3-13-9-12(11-22-15(13)14)10-17-16(19)18-5-7-21-8-6-18/h2-4,12H,5-11H2,1H3,(H,17,19). The first-order valence-corrected chi connectivity index (χ1v) is 7.67. The number of rotatable bonds is 3. The van der Waals surface area contributed by atoms with Crippen LogP contribution in [0.3, 0.4) is 0 Å². The molecular formula is C16H22N2O4. The van der Waals surface area contributed by atoms with E-state index in [0.717, 1.165) is 23.5 Å². The highest BCUT2D eigenvalue weighted by Crippen LogP contribution is 2.35. The Morgan fingerprint density at radius 3 is 3.00 bits per heavy atom. The van der Waals surface area contributed by atoms with Gasteiger partial charge in [0, 0.05) is 25.6 Å². The normalized spacial score (nSPS) is 20.8. The van der Waals surface area contributed by atoms with Gasteiger partial charge in [0.1, 0.15) is 0 Å². The van der Waals surface area contributed by atoms with Gasteiger partial charge in [-0.2, -0.15) is 0 Å². The number of methoxy groups -OCH3 is 1. The van der Waals surface area contributed by atoms with Gasteiger partial charge in [0.05, 0.1) is 26.9 Å². The number of hydrogen-bond donors (Lipinski definition) is 1. The molecule has 0 radical (unpaired) electrons. The van der Waals surface area contributed by atoms with Crippen molar-refractivity contribution in [1.82, 2.24) is 10.2 Å². The molecule has 6 heteroatoms. The summed E-state index contributed by atoms with van der Waals surface area (Å²) in [5, 5.41) is 3.00. The second-order valence-electron chi connectivity index (χ2n) is 5.62. The van der Waals surface area contributed by atoms with Gasteiger partial charge in [-0.25, -0.2) is 4.79 Å². The molecule has 0 spiro atoms. The minimum absolute atomic E-state index is 0.0141. The monoisotopic (exact) mass is 306 g/mol. The quantitative estimate of drug-likeness (QED) is 0.914. The second-order valence-corrected chi connectivity index (χ2v) is 5.62. The number of fused-ring (bicyclic) bond motifs is 1. The van der Waals surface area contributed by atoms with Crippen LogP contribution in [0.15, 0.2) is 18.2 Å². The van der Waals surface area contributed by atoms with Crippen LogP contribution in [0.1, 0.15) is 5.56 Å². The number of amides is 2. The minimum Gasteiger partial charge on any atom is -0.493 e. The number of ether oxygens (including phenoxy) is 3. The van der Waals surface area contributed by atoms with Crippen molar-refractivity contribution in [3.8, 4) is 11.5 Å². The highest BCUT2D eigenvalue weighted by Gasteiger charge is 2.24.